The number of piperidine rings is 1. The standard InChI is InChI=1S/C21H24N2O2/c1-3-13-23-14-7-6-10-19(23)21(24)22-15-18-17-9-5-4-8-16(17)11-12-20(18)25-2/h1,4-5,8-9,11-12,19H,6-7,10,13-15H2,2H3,(H,22,24). The van der Waals surface area contributed by atoms with Gasteiger partial charge in [0.25, 0.3) is 0 Å². The number of terminal acetylenes is 1. The summed E-state index contributed by atoms with van der Waals surface area (Å²) in [6.07, 6.45) is 8.47. The van der Waals surface area contributed by atoms with E-state index in [1.807, 2.05) is 24.3 Å². The van der Waals surface area contributed by atoms with E-state index in [0.29, 0.717) is 13.1 Å². The maximum Gasteiger partial charge on any atom is 0.237 e. The van der Waals surface area contributed by atoms with Crippen molar-refractivity contribution in [1.82, 2.24) is 10.2 Å². The molecule has 25 heavy (non-hydrogen) atoms. The van der Waals surface area contributed by atoms with Gasteiger partial charge in [-0.25, -0.2) is 0 Å². The quantitative estimate of drug-likeness (QED) is 0.854. The van der Waals surface area contributed by atoms with Crippen LogP contribution in [-0.2, 0) is 11.3 Å². The third-order valence-corrected chi connectivity index (χ3v) is 4.87. The fourth-order valence-corrected chi connectivity index (χ4v) is 3.58. The van der Waals surface area contributed by atoms with Crippen LogP contribution >= 0.6 is 0 Å². The summed E-state index contributed by atoms with van der Waals surface area (Å²) in [5.41, 5.74) is 1.01. The molecule has 1 unspecified atom stereocenters. The van der Waals surface area contributed by atoms with E-state index in [9.17, 15) is 4.79 Å². The summed E-state index contributed by atoms with van der Waals surface area (Å²) in [6, 6.07) is 12.0. The molecule has 0 bridgehead atoms. The zero-order valence-corrected chi connectivity index (χ0v) is 14.6. The van der Waals surface area contributed by atoms with E-state index in [2.05, 4.69) is 28.3 Å². The van der Waals surface area contributed by atoms with Gasteiger partial charge in [0, 0.05) is 12.1 Å². The second-order valence-corrected chi connectivity index (χ2v) is 6.37. The van der Waals surface area contributed by atoms with Crippen LogP contribution in [0.5, 0.6) is 5.75 Å². The molecule has 3 rings (SSSR count). The molecule has 0 radical (unpaired) electrons. The van der Waals surface area contributed by atoms with E-state index in [0.717, 1.165) is 47.9 Å². The highest BCUT2D eigenvalue weighted by molar-refractivity contribution is 5.88. The lowest BCUT2D eigenvalue weighted by Gasteiger charge is -2.33. The molecular weight excluding hydrogens is 312 g/mol. The number of amides is 1. The van der Waals surface area contributed by atoms with Crippen LogP contribution < -0.4 is 10.1 Å². The normalized spacial score (nSPS) is 17.8. The van der Waals surface area contributed by atoms with Crippen molar-refractivity contribution in [1.29, 1.82) is 0 Å². The minimum atomic E-state index is -0.134. The Bertz CT molecular complexity index is 794. The molecule has 1 saturated heterocycles. The van der Waals surface area contributed by atoms with Gasteiger partial charge in [-0.05, 0) is 36.2 Å². The van der Waals surface area contributed by atoms with Crippen molar-refractivity contribution in [2.45, 2.75) is 31.8 Å². The summed E-state index contributed by atoms with van der Waals surface area (Å²) >= 11 is 0. The molecule has 0 spiro atoms. The van der Waals surface area contributed by atoms with Crippen LogP contribution in [0, 0.1) is 12.3 Å². The van der Waals surface area contributed by atoms with Crippen LogP contribution in [0.3, 0.4) is 0 Å². The van der Waals surface area contributed by atoms with Crippen molar-refractivity contribution in [3.8, 4) is 18.1 Å². The second-order valence-electron chi connectivity index (χ2n) is 6.37. The highest BCUT2D eigenvalue weighted by Gasteiger charge is 2.28. The molecule has 1 amide bonds. The molecular formula is C21H24N2O2. The number of ether oxygens (including phenoxy) is 1. The van der Waals surface area contributed by atoms with Crippen molar-refractivity contribution in [2.24, 2.45) is 0 Å². The molecule has 0 aliphatic carbocycles. The van der Waals surface area contributed by atoms with Crippen LogP contribution in [-0.4, -0.2) is 37.0 Å². The van der Waals surface area contributed by atoms with Gasteiger partial charge >= 0.3 is 0 Å². The molecule has 2 aromatic rings. The van der Waals surface area contributed by atoms with E-state index in [1.54, 1.807) is 7.11 Å². The van der Waals surface area contributed by atoms with Gasteiger partial charge in [-0.2, -0.15) is 0 Å². The predicted molar refractivity (Wildman–Crippen MR) is 100 cm³/mol. The van der Waals surface area contributed by atoms with Crippen molar-refractivity contribution < 1.29 is 9.53 Å². The van der Waals surface area contributed by atoms with E-state index in [4.69, 9.17) is 11.2 Å². The Hall–Kier alpha value is -2.51. The number of rotatable bonds is 5. The number of carbonyl (C=O) groups excluding carboxylic acids is 1. The first-order valence-corrected chi connectivity index (χ1v) is 8.74. The van der Waals surface area contributed by atoms with Crippen LogP contribution in [0.25, 0.3) is 10.8 Å². The monoisotopic (exact) mass is 336 g/mol. The largest absolute Gasteiger partial charge is 0.496 e. The zero-order chi connectivity index (χ0) is 17.6. The predicted octanol–water partition coefficient (Wildman–Crippen LogP) is 2.95. The van der Waals surface area contributed by atoms with Crippen LogP contribution in [0.4, 0.5) is 0 Å². The van der Waals surface area contributed by atoms with E-state index in [-0.39, 0.29) is 11.9 Å². The summed E-state index contributed by atoms with van der Waals surface area (Å²) in [5, 5.41) is 5.34. The number of nitrogens with one attached hydrogen (secondary N) is 1. The molecule has 1 aliphatic heterocycles. The SMILES string of the molecule is C#CCN1CCCCC1C(=O)NCc1c(OC)ccc2ccccc12. The van der Waals surface area contributed by atoms with Gasteiger partial charge in [0.2, 0.25) is 5.91 Å². The van der Waals surface area contributed by atoms with Crippen molar-refractivity contribution >= 4 is 16.7 Å². The Labute approximate surface area is 149 Å². The van der Waals surface area contributed by atoms with Gasteiger partial charge in [-0.15, -0.1) is 6.42 Å². The fraction of sp³-hybridized carbons (Fsp3) is 0.381. The first kappa shape index (κ1) is 17.3. The smallest absolute Gasteiger partial charge is 0.237 e. The summed E-state index contributed by atoms with van der Waals surface area (Å²) in [5.74, 6) is 3.51. The van der Waals surface area contributed by atoms with Gasteiger partial charge in [-0.3, -0.25) is 9.69 Å². The Morgan fingerprint density at radius 3 is 2.96 bits per heavy atom. The van der Waals surface area contributed by atoms with E-state index >= 15 is 0 Å². The van der Waals surface area contributed by atoms with Crippen LogP contribution in [0.15, 0.2) is 36.4 Å². The first-order chi connectivity index (χ1) is 12.2. The van der Waals surface area contributed by atoms with Gasteiger partial charge in [0.1, 0.15) is 5.75 Å². The Morgan fingerprint density at radius 1 is 1.32 bits per heavy atom. The molecule has 130 valence electrons. The number of hydrogen-bond donors (Lipinski definition) is 1. The second kappa shape index (κ2) is 8.04. The first-order valence-electron chi connectivity index (χ1n) is 8.74. The number of hydrogen-bond acceptors (Lipinski definition) is 3. The summed E-state index contributed by atoms with van der Waals surface area (Å²) < 4.78 is 5.50. The molecule has 1 fully saturated rings. The van der Waals surface area contributed by atoms with Gasteiger partial charge in [0.05, 0.1) is 19.7 Å². The third kappa shape index (κ3) is 3.78. The molecule has 1 atom stereocenters. The number of nitrogens with zero attached hydrogens (tertiary/aromatic N) is 1. The summed E-state index contributed by atoms with van der Waals surface area (Å²) in [6.45, 7) is 1.86. The van der Waals surface area contributed by atoms with Crippen molar-refractivity contribution in [2.75, 3.05) is 20.2 Å². The lowest BCUT2D eigenvalue weighted by Crippen LogP contribution is -2.49. The highest BCUT2D eigenvalue weighted by Crippen LogP contribution is 2.28. The fourth-order valence-electron chi connectivity index (χ4n) is 3.58. The van der Waals surface area contributed by atoms with Gasteiger partial charge < -0.3 is 10.1 Å². The molecule has 4 nitrogen and oxygen atoms in total. The Balaban J connectivity index is 1.78. The van der Waals surface area contributed by atoms with Crippen molar-refractivity contribution in [3.63, 3.8) is 0 Å². The lowest BCUT2D eigenvalue weighted by atomic mass is 10.0. The van der Waals surface area contributed by atoms with Gasteiger partial charge in [-0.1, -0.05) is 42.7 Å². The minimum Gasteiger partial charge on any atom is -0.496 e. The number of likely N-dealkylation sites (tertiary alicyclic amines) is 1. The highest BCUT2D eigenvalue weighted by atomic mass is 16.5. The number of fused-ring (bicyclic) bond motifs is 1. The van der Waals surface area contributed by atoms with E-state index in [1.165, 1.54) is 0 Å². The van der Waals surface area contributed by atoms with Crippen molar-refractivity contribution in [3.05, 3.63) is 42.0 Å². The number of benzene rings is 2. The zero-order valence-electron chi connectivity index (χ0n) is 14.6. The Kier molecular flexibility index (Phi) is 5.57. The maximum absolute atomic E-state index is 12.7. The maximum atomic E-state index is 12.7. The van der Waals surface area contributed by atoms with Crippen LogP contribution in [0.1, 0.15) is 24.8 Å². The number of carbonyl (C=O) groups is 1. The lowest BCUT2D eigenvalue weighted by molar-refractivity contribution is -0.127. The summed E-state index contributed by atoms with van der Waals surface area (Å²) in [4.78, 5) is 14.8. The molecule has 0 aromatic heterocycles. The average molecular weight is 336 g/mol. The van der Waals surface area contributed by atoms with Crippen LogP contribution in [0.2, 0.25) is 0 Å². The molecule has 1 aliphatic rings. The summed E-state index contributed by atoms with van der Waals surface area (Å²) in [7, 11) is 1.66. The minimum absolute atomic E-state index is 0.0462. The molecule has 0 saturated carbocycles. The number of methoxy groups -OCH3 is 1. The van der Waals surface area contributed by atoms with Gasteiger partial charge in [0.15, 0.2) is 0 Å². The van der Waals surface area contributed by atoms with E-state index < -0.39 is 0 Å². The topological polar surface area (TPSA) is 41.6 Å². The molecule has 4 heteroatoms. The molecule has 1 N–H and O–H groups in total. The average Bonchev–Trinajstić information content (AvgIpc) is 2.66. The molecule has 1 heterocycles. The Morgan fingerprint density at radius 2 is 2.16 bits per heavy atom. The molecule has 2 aromatic carbocycles. The third-order valence-electron chi connectivity index (χ3n) is 4.87.